The Bertz CT molecular complexity index is 1630. The number of benzene rings is 1. The largest absolute Gasteiger partial charge is 0.395 e. The molecule has 0 radical (unpaired) electrons. The van der Waals surface area contributed by atoms with E-state index in [1.165, 1.54) is 12.8 Å². The molecule has 1 saturated carbocycles. The van der Waals surface area contributed by atoms with Crippen LogP contribution in [0.15, 0.2) is 30.5 Å². The number of rotatable bonds is 8. The van der Waals surface area contributed by atoms with Crippen molar-refractivity contribution in [2.24, 2.45) is 10.6 Å². The van der Waals surface area contributed by atoms with Gasteiger partial charge in [0.05, 0.1) is 35.6 Å². The summed E-state index contributed by atoms with van der Waals surface area (Å²) in [6, 6.07) is 6.70. The maximum atomic E-state index is 13.8. The van der Waals surface area contributed by atoms with Crippen molar-refractivity contribution >= 4 is 21.7 Å². The maximum absolute atomic E-state index is 13.8. The molecule has 3 aromatic rings. The first kappa shape index (κ1) is 30.7. The quantitative estimate of drug-likeness (QED) is 0.337. The summed E-state index contributed by atoms with van der Waals surface area (Å²) in [5.74, 6) is -2.50. The van der Waals surface area contributed by atoms with Gasteiger partial charge in [0.15, 0.2) is 0 Å². The number of hydrogen-bond donors (Lipinski definition) is 3. The van der Waals surface area contributed by atoms with Gasteiger partial charge in [-0.3, -0.25) is 0 Å². The van der Waals surface area contributed by atoms with E-state index in [4.69, 9.17) is 5.14 Å². The highest BCUT2D eigenvalue weighted by molar-refractivity contribution is 7.89. The van der Waals surface area contributed by atoms with Crippen molar-refractivity contribution < 1.29 is 27.4 Å². The molecule has 6 rings (SSSR count). The van der Waals surface area contributed by atoms with Gasteiger partial charge in [-0.25, -0.2) is 37.0 Å². The number of sulfonamides is 1. The predicted molar refractivity (Wildman–Crippen MR) is 160 cm³/mol. The highest BCUT2D eigenvalue weighted by Gasteiger charge is 2.45. The van der Waals surface area contributed by atoms with Gasteiger partial charge in [0.2, 0.25) is 16.0 Å². The molecular weight excluding hydrogens is 594 g/mol. The van der Waals surface area contributed by atoms with Gasteiger partial charge in [-0.2, -0.15) is 0 Å². The van der Waals surface area contributed by atoms with Gasteiger partial charge in [-0.05, 0) is 68.7 Å². The van der Waals surface area contributed by atoms with E-state index in [1.807, 2.05) is 0 Å². The van der Waals surface area contributed by atoms with E-state index < -0.39 is 33.4 Å². The average molecular weight is 633 g/mol. The van der Waals surface area contributed by atoms with Crippen LogP contribution in [0, 0.1) is 5.41 Å². The van der Waals surface area contributed by atoms with E-state index >= 15 is 0 Å². The molecule has 1 atom stereocenters. The third-order valence-electron chi connectivity index (χ3n) is 9.18. The monoisotopic (exact) mass is 632 g/mol. The second kappa shape index (κ2) is 11.0. The number of piperidine rings is 2. The molecule has 1 unspecified atom stereocenters. The van der Waals surface area contributed by atoms with E-state index in [-0.39, 0.29) is 31.9 Å². The number of halogens is 2. The lowest BCUT2D eigenvalue weighted by atomic mass is 9.93. The van der Waals surface area contributed by atoms with Crippen molar-refractivity contribution in [2.75, 3.05) is 42.6 Å². The molecule has 238 valence electrons. The van der Waals surface area contributed by atoms with Crippen LogP contribution in [0.3, 0.4) is 0 Å². The van der Waals surface area contributed by atoms with Crippen LogP contribution in [0.5, 0.6) is 0 Å². The molecule has 12 nitrogen and oxygen atoms in total. The summed E-state index contributed by atoms with van der Waals surface area (Å²) in [4.78, 5) is 13.0. The Morgan fingerprint density at radius 3 is 2.20 bits per heavy atom. The van der Waals surface area contributed by atoms with Crippen LogP contribution in [-0.4, -0.2) is 82.3 Å². The SMILES string of the molecule is CC(C)(O)c1cc(-c2cn(-c3ccc(C(CO)S(N)(=O)=O)cc3N3CCC4(CC3)CC4)nn2)nc(N2CCC(F)(F)CC2)n1. The van der Waals surface area contributed by atoms with E-state index in [0.717, 1.165) is 31.6 Å². The van der Waals surface area contributed by atoms with Gasteiger partial charge < -0.3 is 20.0 Å². The first-order valence-corrected chi connectivity index (χ1v) is 16.5. The minimum absolute atomic E-state index is 0.0780. The molecule has 0 bridgehead atoms. The molecule has 1 spiro atoms. The second-order valence-corrected chi connectivity index (χ2v) is 14.6. The molecule has 15 heteroatoms. The molecule has 0 amide bonds. The standard InChI is InChI=1S/C29H38F2N8O4S/c1-27(2,41)25-16-20(33-26(34-25)38-13-9-29(30,31)10-14-38)21-17-39(36-35-21)22-4-3-19(24(18-40)44(32,42)43)15-23(22)37-11-7-28(5-6-28)8-12-37/h3-4,15-17,24,40-41H,5-14,18H2,1-2H3,(H2,32,42,43). The number of hydrogen-bond acceptors (Lipinski definition) is 10. The second-order valence-electron chi connectivity index (χ2n) is 12.9. The molecule has 3 aliphatic rings. The number of aromatic nitrogens is 5. The smallest absolute Gasteiger partial charge is 0.251 e. The van der Waals surface area contributed by atoms with Crippen LogP contribution in [0.2, 0.25) is 0 Å². The maximum Gasteiger partial charge on any atom is 0.251 e. The van der Waals surface area contributed by atoms with Crippen molar-refractivity contribution in [2.45, 2.75) is 69.1 Å². The number of alkyl halides is 2. The topological polar surface area (TPSA) is 164 Å². The molecular formula is C29H38F2N8O4S. The van der Waals surface area contributed by atoms with Gasteiger partial charge in [-0.1, -0.05) is 11.3 Å². The van der Waals surface area contributed by atoms with Gasteiger partial charge in [0.25, 0.3) is 5.92 Å². The van der Waals surface area contributed by atoms with Crippen LogP contribution in [0.1, 0.15) is 68.9 Å². The van der Waals surface area contributed by atoms with Crippen LogP contribution >= 0.6 is 0 Å². The molecule has 4 heterocycles. The van der Waals surface area contributed by atoms with E-state index in [0.29, 0.717) is 33.7 Å². The lowest BCUT2D eigenvalue weighted by molar-refractivity contribution is -0.0223. The number of nitrogens with two attached hydrogens (primary N) is 1. The van der Waals surface area contributed by atoms with Gasteiger partial charge in [0, 0.05) is 39.0 Å². The van der Waals surface area contributed by atoms with E-state index in [1.54, 1.807) is 53.9 Å². The summed E-state index contributed by atoms with van der Waals surface area (Å²) in [5, 5.41) is 33.5. The Kier molecular flexibility index (Phi) is 7.66. The summed E-state index contributed by atoms with van der Waals surface area (Å²) >= 11 is 0. The van der Waals surface area contributed by atoms with Crippen molar-refractivity contribution in [1.82, 2.24) is 25.0 Å². The van der Waals surface area contributed by atoms with Crippen molar-refractivity contribution in [3.63, 3.8) is 0 Å². The summed E-state index contributed by atoms with van der Waals surface area (Å²) in [6.07, 6.45) is 5.57. The van der Waals surface area contributed by atoms with Gasteiger partial charge in [-0.15, -0.1) is 5.10 Å². The molecule has 44 heavy (non-hydrogen) atoms. The molecule has 1 aromatic carbocycles. The molecule has 2 aliphatic heterocycles. The number of nitrogens with zero attached hydrogens (tertiary/aromatic N) is 7. The van der Waals surface area contributed by atoms with Gasteiger partial charge >= 0.3 is 0 Å². The highest BCUT2D eigenvalue weighted by Crippen LogP contribution is 2.54. The normalized spacial score (nSPS) is 20.6. The van der Waals surface area contributed by atoms with E-state index in [9.17, 15) is 27.4 Å². The summed E-state index contributed by atoms with van der Waals surface area (Å²) in [5.41, 5.74) is 1.92. The molecule has 2 aromatic heterocycles. The Balaban J connectivity index is 1.37. The van der Waals surface area contributed by atoms with Crippen molar-refractivity contribution in [1.29, 1.82) is 0 Å². The first-order valence-electron chi connectivity index (χ1n) is 14.9. The minimum atomic E-state index is -4.05. The van der Waals surface area contributed by atoms with Crippen molar-refractivity contribution in [3.8, 4) is 17.1 Å². The molecule has 3 fully saturated rings. The van der Waals surface area contributed by atoms with Crippen molar-refractivity contribution in [3.05, 3.63) is 41.7 Å². The Hall–Kier alpha value is -3.27. The van der Waals surface area contributed by atoms with Gasteiger partial charge in [0.1, 0.15) is 16.5 Å². The van der Waals surface area contributed by atoms with Crippen LogP contribution < -0.4 is 14.9 Å². The van der Waals surface area contributed by atoms with Crippen LogP contribution in [0.25, 0.3) is 17.1 Å². The zero-order valence-electron chi connectivity index (χ0n) is 24.8. The Morgan fingerprint density at radius 2 is 1.61 bits per heavy atom. The highest BCUT2D eigenvalue weighted by atomic mass is 32.2. The number of anilines is 2. The third kappa shape index (κ3) is 6.28. The average Bonchev–Trinajstić information content (AvgIpc) is 3.52. The number of aliphatic hydroxyl groups excluding tert-OH is 1. The van der Waals surface area contributed by atoms with Crippen LogP contribution in [-0.2, 0) is 15.6 Å². The number of aliphatic hydroxyl groups is 2. The zero-order chi connectivity index (χ0) is 31.5. The molecule has 4 N–H and O–H groups in total. The lowest BCUT2D eigenvalue weighted by Gasteiger charge is -2.35. The minimum Gasteiger partial charge on any atom is -0.395 e. The molecule has 1 aliphatic carbocycles. The Labute approximate surface area is 255 Å². The lowest BCUT2D eigenvalue weighted by Crippen LogP contribution is -2.40. The number of primary sulfonamides is 1. The van der Waals surface area contributed by atoms with Crippen LogP contribution in [0.4, 0.5) is 20.4 Å². The fraction of sp³-hybridized carbons (Fsp3) is 0.586. The zero-order valence-corrected chi connectivity index (χ0v) is 25.6. The molecule has 2 saturated heterocycles. The van der Waals surface area contributed by atoms with E-state index in [2.05, 4.69) is 25.2 Å². The summed E-state index contributed by atoms with van der Waals surface area (Å²) in [6.45, 7) is 4.26. The summed E-state index contributed by atoms with van der Waals surface area (Å²) in [7, 11) is -4.05. The predicted octanol–water partition coefficient (Wildman–Crippen LogP) is 2.89. The fourth-order valence-electron chi connectivity index (χ4n) is 6.04. The Morgan fingerprint density at radius 1 is 0.955 bits per heavy atom. The first-order chi connectivity index (χ1) is 20.7. The fourth-order valence-corrected chi connectivity index (χ4v) is 6.77. The third-order valence-corrected chi connectivity index (χ3v) is 10.4. The summed E-state index contributed by atoms with van der Waals surface area (Å²) < 4.78 is 53.7.